The summed E-state index contributed by atoms with van der Waals surface area (Å²) in [5.74, 6) is 2.39. The maximum atomic E-state index is 11.6. The van der Waals surface area contributed by atoms with Gasteiger partial charge in [-0.05, 0) is 85.7 Å². The first-order valence-electron chi connectivity index (χ1n) is 14.5. The molecule has 0 radical (unpaired) electrons. The smallest absolute Gasteiger partial charge is 0.302 e. The number of rotatable bonds is 3. The summed E-state index contributed by atoms with van der Waals surface area (Å²) in [4.78, 5) is 16.4. The number of fused-ring (bicyclic) bond motifs is 5. The van der Waals surface area contributed by atoms with Crippen LogP contribution in [-0.2, 0) is 9.53 Å². The predicted molar refractivity (Wildman–Crippen MR) is 154 cm³/mol. The Balaban J connectivity index is 1.32. The van der Waals surface area contributed by atoms with Gasteiger partial charge in [0.25, 0.3) is 0 Å². The van der Waals surface area contributed by atoms with Crippen molar-refractivity contribution in [1.82, 2.24) is 4.98 Å². The summed E-state index contributed by atoms with van der Waals surface area (Å²) >= 11 is 6.57. The van der Waals surface area contributed by atoms with E-state index in [9.17, 15) is 10.1 Å². The first-order chi connectivity index (χ1) is 18.7. The van der Waals surface area contributed by atoms with E-state index in [-0.39, 0.29) is 22.9 Å². The molecule has 5 nitrogen and oxygen atoms in total. The number of nitrogens with zero attached hydrogens (tertiary/aromatic N) is 2. The minimum Gasteiger partial charge on any atom is -0.462 e. The molecular formula is C33H38ClN3O2. The Morgan fingerprint density at radius 2 is 1.92 bits per heavy atom. The van der Waals surface area contributed by atoms with Crippen LogP contribution in [0.15, 0.2) is 42.0 Å². The highest BCUT2D eigenvalue weighted by molar-refractivity contribution is 6.33. The number of pyridine rings is 1. The molecule has 4 aliphatic rings. The van der Waals surface area contributed by atoms with Crippen molar-refractivity contribution >= 4 is 23.4 Å². The fourth-order valence-corrected chi connectivity index (χ4v) is 9.46. The summed E-state index contributed by atoms with van der Waals surface area (Å²) in [5.41, 5.74) is 11.3. The van der Waals surface area contributed by atoms with Crippen molar-refractivity contribution in [2.24, 2.45) is 28.6 Å². The first-order valence-corrected chi connectivity index (χ1v) is 14.9. The van der Waals surface area contributed by atoms with Gasteiger partial charge < -0.3 is 10.5 Å². The molecule has 4 aliphatic carbocycles. The van der Waals surface area contributed by atoms with Crippen LogP contribution in [0.25, 0.3) is 11.1 Å². The lowest BCUT2D eigenvalue weighted by molar-refractivity contribution is -0.148. The largest absolute Gasteiger partial charge is 0.462 e. The van der Waals surface area contributed by atoms with Gasteiger partial charge in [-0.15, -0.1) is 0 Å². The van der Waals surface area contributed by atoms with E-state index in [4.69, 9.17) is 27.1 Å². The molecule has 204 valence electrons. The molecule has 6 heteroatoms. The SMILES string of the molecule is CC(=O)O[C@H]1CC[C@@]2(C)C(=CC[C@H]3[C@@H]4CC[C@H](c5cc(-c6ccccc6Cl)c(C#N)c(N)n5)[C@@]4(C)CC[C@@H]32)C1. The summed E-state index contributed by atoms with van der Waals surface area (Å²) < 4.78 is 5.62. The molecule has 2 N–H and O–H groups in total. The third-order valence-electron chi connectivity index (χ3n) is 11.1. The third-order valence-corrected chi connectivity index (χ3v) is 11.4. The molecule has 7 atom stereocenters. The zero-order chi connectivity index (χ0) is 27.5. The summed E-state index contributed by atoms with van der Waals surface area (Å²) in [7, 11) is 0. The summed E-state index contributed by atoms with van der Waals surface area (Å²) in [6.45, 7) is 6.48. The third kappa shape index (κ3) is 4.18. The van der Waals surface area contributed by atoms with Gasteiger partial charge in [-0.3, -0.25) is 4.79 Å². The number of carbonyl (C=O) groups is 1. The monoisotopic (exact) mass is 543 g/mol. The number of hydrogen-bond acceptors (Lipinski definition) is 5. The van der Waals surface area contributed by atoms with Crippen LogP contribution in [0.5, 0.6) is 0 Å². The molecule has 6 rings (SSSR count). The number of esters is 1. The van der Waals surface area contributed by atoms with Gasteiger partial charge in [0.15, 0.2) is 0 Å². The molecule has 39 heavy (non-hydrogen) atoms. The molecule has 0 spiro atoms. The van der Waals surface area contributed by atoms with E-state index in [1.807, 2.05) is 24.3 Å². The molecule has 1 aromatic heterocycles. The highest BCUT2D eigenvalue weighted by Gasteiger charge is 2.59. The Kier molecular flexibility index (Phi) is 6.54. The molecule has 1 heterocycles. The average Bonchev–Trinajstić information content (AvgIpc) is 3.25. The van der Waals surface area contributed by atoms with Gasteiger partial charge in [0.1, 0.15) is 23.6 Å². The molecule has 0 aliphatic heterocycles. The second-order valence-corrected chi connectivity index (χ2v) is 13.3. The fraction of sp³-hybridized carbons (Fsp3) is 0.545. The maximum Gasteiger partial charge on any atom is 0.302 e. The Morgan fingerprint density at radius 1 is 1.13 bits per heavy atom. The van der Waals surface area contributed by atoms with E-state index in [1.165, 1.54) is 31.8 Å². The minimum atomic E-state index is -0.168. The number of carbonyl (C=O) groups excluding carboxylic acids is 1. The highest BCUT2D eigenvalue weighted by Crippen LogP contribution is 2.68. The summed E-state index contributed by atoms with van der Waals surface area (Å²) in [6, 6.07) is 12.0. The number of nitriles is 1. The Labute approximate surface area is 236 Å². The second-order valence-electron chi connectivity index (χ2n) is 12.9. The lowest BCUT2D eigenvalue weighted by atomic mass is 9.47. The molecule has 0 amide bonds. The topological polar surface area (TPSA) is 89.0 Å². The van der Waals surface area contributed by atoms with E-state index < -0.39 is 0 Å². The van der Waals surface area contributed by atoms with Gasteiger partial charge >= 0.3 is 5.97 Å². The Morgan fingerprint density at radius 3 is 2.67 bits per heavy atom. The van der Waals surface area contributed by atoms with Crippen LogP contribution in [0.2, 0.25) is 5.02 Å². The van der Waals surface area contributed by atoms with Crippen LogP contribution in [0.3, 0.4) is 0 Å². The van der Waals surface area contributed by atoms with Crippen LogP contribution in [0, 0.1) is 39.9 Å². The van der Waals surface area contributed by atoms with E-state index in [2.05, 4.69) is 32.1 Å². The number of allylic oxidation sites excluding steroid dienone is 1. The zero-order valence-electron chi connectivity index (χ0n) is 23.2. The van der Waals surface area contributed by atoms with E-state index in [0.29, 0.717) is 40.1 Å². The molecule has 1 aromatic carbocycles. The normalized spacial score (nSPS) is 35.2. The van der Waals surface area contributed by atoms with Crippen molar-refractivity contribution in [3.05, 3.63) is 58.3 Å². The average molecular weight is 544 g/mol. The molecule has 2 aromatic rings. The minimum absolute atomic E-state index is 0.0309. The van der Waals surface area contributed by atoms with Crippen molar-refractivity contribution in [1.29, 1.82) is 5.26 Å². The maximum absolute atomic E-state index is 11.6. The lowest BCUT2D eigenvalue weighted by Gasteiger charge is -2.58. The van der Waals surface area contributed by atoms with Crippen molar-refractivity contribution in [3.63, 3.8) is 0 Å². The molecule has 3 saturated carbocycles. The fourth-order valence-electron chi connectivity index (χ4n) is 9.22. The summed E-state index contributed by atoms with van der Waals surface area (Å²) in [5, 5.41) is 10.5. The molecule has 0 saturated heterocycles. The summed E-state index contributed by atoms with van der Waals surface area (Å²) in [6.07, 6.45) is 11.3. The standard InChI is InChI=1S/C33H38ClN3O2/c1-19(38)39-21-12-14-32(2)20(16-21)8-9-23-26-10-11-28(33(26,3)15-13-27(23)32)30-17-24(25(18-35)31(36)37-30)22-6-4-5-7-29(22)34/h4-8,17,21,23,26-28H,9-16H2,1-3H3,(H2,36,37)/t21-,23-,26-,27-,28+,32-,33-/m0/s1. The van der Waals surface area contributed by atoms with E-state index in [0.717, 1.165) is 48.9 Å². The molecule has 3 fully saturated rings. The van der Waals surface area contributed by atoms with E-state index in [1.54, 1.807) is 0 Å². The van der Waals surface area contributed by atoms with Gasteiger partial charge in [0.2, 0.25) is 0 Å². The number of anilines is 1. The van der Waals surface area contributed by atoms with Gasteiger partial charge in [-0.2, -0.15) is 5.26 Å². The van der Waals surface area contributed by atoms with Crippen molar-refractivity contribution < 1.29 is 9.53 Å². The Bertz CT molecular complexity index is 1400. The van der Waals surface area contributed by atoms with Gasteiger partial charge in [0.05, 0.1) is 0 Å². The number of halogens is 1. The number of ether oxygens (including phenoxy) is 1. The quantitative estimate of drug-likeness (QED) is 0.314. The van der Waals surface area contributed by atoms with Crippen LogP contribution < -0.4 is 5.73 Å². The molecular weight excluding hydrogens is 506 g/mol. The van der Waals surface area contributed by atoms with E-state index >= 15 is 0 Å². The van der Waals surface area contributed by atoms with Gasteiger partial charge in [0, 0.05) is 41.1 Å². The highest BCUT2D eigenvalue weighted by atomic mass is 35.5. The van der Waals surface area contributed by atoms with Crippen molar-refractivity contribution in [2.45, 2.75) is 84.2 Å². The predicted octanol–water partition coefficient (Wildman–Crippen LogP) is 7.83. The molecule has 0 bridgehead atoms. The second kappa shape index (κ2) is 9.66. The number of hydrogen-bond donors (Lipinski definition) is 1. The van der Waals surface area contributed by atoms with Crippen LogP contribution in [0.4, 0.5) is 5.82 Å². The van der Waals surface area contributed by atoms with Crippen LogP contribution in [0.1, 0.15) is 89.3 Å². The number of nitrogens with two attached hydrogens (primary N) is 1. The number of nitrogen functional groups attached to an aromatic ring is 1. The van der Waals surface area contributed by atoms with Gasteiger partial charge in [-0.1, -0.05) is 55.3 Å². The number of aromatic nitrogens is 1. The van der Waals surface area contributed by atoms with Crippen molar-refractivity contribution in [2.75, 3.05) is 5.73 Å². The van der Waals surface area contributed by atoms with Crippen molar-refractivity contribution in [3.8, 4) is 17.2 Å². The van der Waals surface area contributed by atoms with Crippen LogP contribution >= 0.6 is 11.6 Å². The van der Waals surface area contributed by atoms with Gasteiger partial charge in [-0.25, -0.2) is 4.98 Å². The first kappa shape index (κ1) is 26.4. The Hall–Kier alpha value is -2.84. The lowest BCUT2D eigenvalue weighted by Crippen LogP contribution is -2.50. The van der Waals surface area contributed by atoms with Crippen LogP contribution in [-0.4, -0.2) is 17.1 Å². The molecule has 0 unspecified atom stereocenters. The number of benzene rings is 1. The zero-order valence-corrected chi connectivity index (χ0v) is 23.9.